The summed E-state index contributed by atoms with van der Waals surface area (Å²) in [6.45, 7) is 4.17. The van der Waals surface area contributed by atoms with Gasteiger partial charge < -0.3 is 0 Å². The maximum absolute atomic E-state index is 12.3. The third-order valence-electron chi connectivity index (χ3n) is 4.01. The second-order valence-electron chi connectivity index (χ2n) is 5.34. The average Bonchev–Trinajstić information content (AvgIpc) is 2.32. The summed E-state index contributed by atoms with van der Waals surface area (Å²) >= 11 is 0. The predicted octanol–water partition coefficient (Wildman–Crippen LogP) is 4.07. The van der Waals surface area contributed by atoms with Crippen molar-refractivity contribution in [2.75, 3.05) is 0 Å². The molecule has 1 atom stereocenters. The molecule has 0 aliphatic heterocycles. The van der Waals surface area contributed by atoms with E-state index in [0.29, 0.717) is 12.8 Å². The van der Waals surface area contributed by atoms with Crippen LogP contribution in [0.2, 0.25) is 0 Å². The van der Waals surface area contributed by atoms with Crippen LogP contribution in [-0.2, 0) is 9.59 Å². The minimum atomic E-state index is -0.580. The Hall–Kier alpha value is -0.660. The molecule has 0 amide bonds. The van der Waals surface area contributed by atoms with Crippen molar-refractivity contribution in [3.63, 3.8) is 0 Å². The number of carbonyl (C=O) groups is 2. The number of hydrogen-bond acceptors (Lipinski definition) is 2. The zero-order chi connectivity index (χ0) is 12.7. The molecule has 0 aromatic carbocycles. The zero-order valence-corrected chi connectivity index (χ0v) is 11.4. The largest absolute Gasteiger partial charge is 0.299 e. The first-order chi connectivity index (χ1) is 8.17. The molecular weight excluding hydrogens is 212 g/mol. The lowest BCUT2D eigenvalue weighted by atomic mass is 9.66. The summed E-state index contributed by atoms with van der Waals surface area (Å²) in [5.74, 6) is 0.458. The molecule has 17 heavy (non-hydrogen) atoms. The highest BCUT2D eigenvalue weighted by molar-refractivity contribution is 6.07. The monoisotopic (exact) mass is 238 g/mol. The molecule has 0 heterocycles. The van der Waals surface area contributed by atoms with Gasteiger partial charge in [-0.15, -0.1) is 0 Å². The SMILES string of the molecule is CCCCCC1(C(=O)CCC)CCCCC1=O. The molecule has 0 bridgehead atoms. The number of rotatable bonds is 7. The van der Waals surface area contributed by atoms with E-state index in [9.17, 15) is 9.59 Å². The van der Waals surface area contributed by atoms with Crippen LogP contribution < -0.4 is 0 Å². The lowest BCUT2D eigenvalue weighted by molar-refractivity contribution is -0.144. The molecule has 2 nitrogen and oxygen atoms in total. The molecule has 1 aliphatic carbocycles. The Balaban J connectivity index is 2.74. The first-order valence-corrected chi connectivity index (χ1v) is 7.24. The zero-order valence-electron chi connectivity index (χ0n) is 11.4. The van der Waals surface area contributed by atoms with Gasteiger partial charge in [-0.05, 0) is 25.7 Å². The van der Waals surface area contributed by atoms with Gasteiger partial charge in [-0.3, -0.25) is 9.59 Å². The summed E-state index contributed by atoms with van der Waals surface area (Å²) in [4.78, 5) is 24.5. The fourth-order valence-electron chi connectivity index (χ4n) is 2.93. The Morgan fingerprint density at radius 2 is 1.94 bits per heavy atom. The summed E-state index contributed by atoms with van der Waals surface area (Å²) in [6, 6.07) is 0. The number of Topliss-reactive ketones (excluding diaryl/α,β-unsaturated/α-hetero) is 2. The van der Waals surface area contributed by atoms with Crippen LogP contribution in [0.4, 0.5) is 0 Å². The van der Waals surface area contributed by atoms with E-state index in [1.54, 1.807) is 0 Å². The Morgan fingerprint density at radius 3 is 2.53 bits per heavy atom. The second kappa shape index (κ2) is 6.93. The van der Waals surface area contributed by atoms with E-state index in [-0.39, 0.29) is 11.6 Å². The summed E-state index contributed by atoms with van der Waals surface area (Å²) in [6.07, 6.45) is 9.02. The highest BCUT2D eigenvalue weighted by atomic mass is 16.2. The standard InChI is InChI=1S/C15H26O2/c1-3-5-7-11-15(13(16)9-4-2)12-8-6-10-14(15)17/h3-12H2,1-2H3. The Labute approximate surface area is 105 Å². The molecule has 0 N–H and O–H groups in total. The quantitative estimate of drug-likeness (QED) is 0.495. The molecule has 0 aromatic rings. The molecule has 2 heteroatoms. The molecule has 0 aromatic heterocycles. The van der Waals surface area contributed by atoms with Crippen LogP contribution in [0.15, 0.2) is 0 Å². The first-order valence-electron chi connectivity index (χ1n) is 7.24. The molecule has 0 spiro atoms. The van der Waals surface area contributed by atoms with Crippen LogP contribution in [0, 0.1) is 5.41 Å². The minimum absolute atomic E-state index is 0.223. The number of hydrogen-bond donors (Lipinski definition) is 0. The van der Waals surface area contributed by atoms with Crippen molar-refractivity contribution in [2.24, 2.45) is 5.41 Å². The van der Waals surface area contributed by atoms with E-state index < -0.39 is 5.41 Å². The topological polar surface area (TPSA) is 34.1 Å². The van der Waals surface area contributed by atoms with Gasteiger partial charge in [0, 0.05) is 12.8 Å². The third-order valence-corrected chi connectivity index (χ3v) is 4.01. The average molecular weight is 238 g/mol. The van der Waals surface area contributed by atoms with Gasteiger partial charge in [0.25, 0.3) is 0 Å². The van der Waals surface area contributed by atoms with Crippen LogP contribution >= 0.6 is 0 Å². The lowest BCUT2D eigenvalue weighted by Gasteiger charge is -2.34. The minimum Gasteiger partial charge on any atom is -0.299 e. The van der Waals surface area contributed by atoms with Gasteiger partial charge in [0.05, 0.1) is 5.41 Å². The third kappa shape index (κ3) is 3.40. The van der Waals surface area contributed by atoms with Crippen molar-refractivity contribution in [3.8, 4) is 0 Å². The van der Waals surface area contributed by atoms with Crippen LogP contribution in [0.25, 0.3) is 0 Å². The lowest BCUT2D eigenvalue weighted by Crippen LogP contribution is -2.41. The summed E-state index contributed by atoms with van der Waals surface area (Å²) in [5.41, 5.74) is -0.580. The molecule has 1 rings (SSSR count). The molecule has 0 saturated heterocycles. The summed E-state index contributed by atoms with van der Waals surface area (Å²) < 4.78 is 0. The van der Waals surface area contributed by atoms with Crippen molar-refractivity contribution in [1.29, 1.82) is 0 Å². The van der Waals surface area contributed by atoms with Crippen molar-refractivity contribution < 1.29 is 9.59 Å². The van der Waals surface area contributed by atoms with Gasteiger partial charge in [0.1, 0.15) is 11.6 Å². The van der Waals surface area contributed by atoms with E-state index in [1.807, 2.05) is 6.92 Å². The molecule has 1 aliphatic rings. The molecular formula is C15H26O2. The van der Waals surface area contributed by atoms with E-state index >= 15 is 0 Å². The van der Waals surface area contributed by atoms with E-state index in [0.717, 1.165) is 51.4 Å². The van der Waals surface area contributed by atoms with Gasteiger partial charge in [-0.1, -0.05) is 39.5 Å². The fourth-order valence-corrected chi connectivity index (χ4v) is 2.93. The van der Waals surface area contributed by atoms with Gasteiger partial charge in [0.2, 0.25) is 0 Å². The summed E-state index contributed by atoms with van der Waals surface area (Å²) in [5, 5.41) is 0. The van der Waals surface area contributed by atoms with Gasteiger partial charge in [-0.2, -0.15) is 0 Å². The summed E-state index contributed by atoms with van der Waals surface area (Å²) in [7, 11) is 0. The molecule has 1 fully saturated rings. The maximum atomic E-state index is 12.3. The van der Waals surface area contributed by atoms with Crippen molar-refractivity contribution in [1.82, 2.24) is 0 Å². The molecule has 1 saturated carbocycles. The Morgan fingerprint density at radius 1 is 1.18 bits per heavy atom. The maximum Gasteiger partial charge on any atom is 0.146 e. The molecule has 0 radical (unpaired) electrons. The molecule has 1 unspecified atom stereocenters. The Bertz CT molecular complexity index is 270. The fraction of sp³-hybridized carbons (Fsp3) is 0.867. The van der Waals surface area contributed by atoms with Crippen LogP contribution in [0.3, 0.4) is 0 Å². The smallest absolute Gasteiger partial charge is 0.146 e. The van der Waals surface area contributed by atoms with Crippen molar-refractivity contribution in [3.05, 3.63) is 0 Å². The van der Waals surface area contributed by atoms with Crippen molar-refractivity contribution >= 4 is 11.6 Å². The van der Waals surface area contributed by atoms with Crippen molar-refractivity contribution in [2.45, 2.75) is 78.1 Å². The van der Waals surface area contributed by atoms with Crippen LogP contribution in [-0.4, -0.2) is 11.6 Å². The Kier molecular flexibility index (Phi) is 5.87. The number of carbonyl (C=O) groups excluding carboxylic acids is 2. The van der Waals surface area contributed by atoms with E-state index in [1.165, 1.54) is 0 Å². The van der Waals surface area contributed by atoms with Gasteiger partial charge in [0.15, 0.2) is 0 Å². The highest BCUT2D eigenvalue weighted by Crippen LogP contribution is 2.40. The van der Waals surface area contributed by atoms with Gasteiger partial charge >= 0.3 is 0 Å². The van der Waals surface area contributed by atoms with E-state index in [2.05, 4.69) is 6.92 Å². The predicted molar refractivity (Wildman–Crippen MR) is 70.0 cm³/mol. The number of unbranched alkanes of at least 4 members (excludes halogenated alkanes) is 2. The first kappa shape index (κ1) is 14.4. The van der Waals surface area contributed by atoms with E-state index in [4.69, 9.17) is 0 Å². The number of ketones is 2. The normalized spacial score (nSPS) is 24.9. The van der Waals surface area contributed by atoms with Crippen LogP contribution in [0.5, 0.6) is 0 Å². The molecule has 98 valence electrons. The van der Waals surface area contributed by atoms with Gasteiger partial charge in [-0.25, -0.2) is 0 Å². The highest BCUT2D eigenvalue weighted by Gasteiger charge is 2.44. The van der Waals surface area contributed by atoms with Crippen LogP contribution in [0.1, 0.15) is 78.1 Å². The second-order valence-corrected chi connectivity index (χ2v) is 5.34.